The number of nitrogens with zero attached hydrogens (tertiary/aromatic N) is 1. The minimum absolute atomic E-state index is 0.00788. The lowest BCUT2D eigenvalue weighted by atomic mass is 10.2. The van der Waals surface area contributed by atoms with Crippen molar-refractivity contribution >= 4 is 28.9 Å². The second-order valence-electron chi connectivity index (χ2n) is 5.21. The molecule has 2 rings (SSSR count). The number of amides is 1. The van der Waals surface area contributed by atoms with E-state index in [4.69, 9.17) is 16.3 Å². The molecule has 1 unspecified atom stereocenters. The molecule has 2 aromatic rings. The number of nitro benzene ring substituents is 1. The zero-order chi connectivity index (χ0) is 18.2. The van der Waals surface area contributed by atoms with Crippen molar-refractivity contribution in [2.45, 2.75) is 13.0 Å². The van der Waals surface area contributed by atoms with Gasteiger partial charge in [0.05, 0.1) is 4.92 Å². The Morgan fingerprint density at radius 3 is 2.72 bits per heavy atom. The zero-order valence-electron chi connectivity index (χ0n) is 13.6. The standard InChI is InChI=1S/C17H18ClN3O4/c1-12(25-14-6-4-5-13(18)11-14)17(22)20-10-9-19-15-7-2-3-8-16(15)21(23)24/h2-8,11-12,19H,9-10H2,1H3,(H,20,22). The van der Waals surface area contributed by atoms with Gasteiger partial charge in [-0.25, -0.2) is 0 Å². The average Bonchev–Trinajstić information content (AvgIpc) is 2.58. The second kappa shape index (κ2) is 8.89. The van der Waals surface area contributed by atoms with Crippen molar-refractivity contribution in [3.05, 3.63) is 63.7 Å². The summed E-state index contributed by atoms with van der Waals surface area (Å²) >= 11 is 5.87. The Hall–Kier alpha value is -2.80. The summed E-state index contributed by atoms with van der Waals surface area (Å²) in [6.45, 7) is 2.28. The maximum Gasteiger partial charge on any atom is 0.292 e. The molecule has 0 aliphatic carbocycles. The molecule has 1 atom stereocenters. The molecule has 0 radical (unpaired) electrons. The van der Waals surface area contributed by atoms with E-state index in [1.54, 1.807) is 49.4 Å². The van der Waals surface area contributed by atoms with Crippen molar-refractivity contribution in [2.24, 2.45) is 0 Å². The molecule has 2 aromatic carbocycles. The van der Waals surface area contributed by atoms with Gasteiger partial charge in [-0.05, 0) is 31.2 Å². The fourth-order valence-corrected chi connectivity index (χ4v) is 2.29. The van der Waals surface area contributed by atoms with Crippen molar-refractivity contribution in [2.75, 3.05) is 18.4 Å². The molecule has 0 bridgehead atoms. The Labute approximate surface area is 150 Å². The molecule has 0 aromatic heterocycles. The molecule has 0 saturated carbocycles. The number of benzene rings is 2. The number of nitrogens with one attached hydrogen (secondary N) is 2. The van der Waals surface area contributed by atoms with Gasteiger partial charge in [0.1, 0.15) is 11.4 Å². The minimum atomic E-state index is -0.690. The van der Waals surface area contributed by atoms with E-state index in [2.05, 4.69) is 10.6 Å². The highest BCUT2D eigenvalue weighted by Gasteiger charge is 2.15. The van der Waals surface area contributed by atoms with E-state index < -0.39 is 11.0 Å². The van der Waals surface area contributed by atoms with Crippen molar-refractivity contribution in [1.82, 2.24) is 5.32 Å². The molecule has 1 amide bonds. The molecule has 0 spiro atoms. The van der Waals surface area contributed by atoms with Crippen LogP contribution in [0, 0.1) is 10.1 Å². The maximum atomic E-state index is 12.0. The molecule has 0 fully saturated rings. The smallest absolute Gasteiger partial charge is 0.292 e. The summed E-state index contributed by atoms with van der Waals surface area (Å²) in [4.78, 5) is 22.5. The first-order valence-corrected chi connectivity index (χ1v) is 8.02. The number of para-hydroxylation sites is 2. The summed E-state index contributed by atoms with van der Waals surface area (Å²) in [5, 5.41) is 17.1. The van der Waals surface area contributed by atoms with Crippen LogP contribution in [-0.4, -0.2) is 30.0 Å². The molecular weight excluding hydrogens is 346 g/mol. The Bertz CT molecular complexity index is 754. The highest BCUT2D eigenvalue weighted by Crippen LogP contribution is 2.22. The van der Waals surface area contributed by atoms with Gasteiger partial charge in [-0.3, -0.25) is 14.9 Å². The lowest BCUT2D eigenvalue weighted by molar-refractivity contribution is -0.384. The van der Waals surface area contributed by atoms with Gasteiger partial charge in [-0.2, -0.15) is 0 Å². The van der Waals surface area contributed by atoms with Gasteiger partial charge >= 0.3 is 0 Å². The van der Waals surface area contributed by atoms with Crippen LogP contribution in [-0.2, 0) is 4.79 Å². The Morgan fingerprint density at radius 1 is 1.24 bits per heavy atom. The van der Waals surface area contributed by atoms with Crippen LogP contribution in [0.4, 0.5) is 11.4 Å². The molecule has 2 N–H and O–H groups in total. The van der Waals surface area contributed by atoms with Crippen LogP contribution in [0.25, 0.3) is 0 Å². The van der Waals surface area contributed by atoms with Crippen molar-refractivity contribution < 1.29 is 14.5 Å². The maximum absolute atomic E-state index is 12.0. The Balaban J connectivity index is 1.78. The third kappa shape index (κ3) is 5.65. The first kappa shape index (κ1) is 18.5. The highest BCUT2D eigenvalue weighted by atomic mass is 35.5. The number of hydrogen-bond donors (Lipinski definition) is 2. The summed E-state index contributed by atoms with van der Waals surface area (Å²) in [5.41, 5.74) is 0.399. The fourth-order valence-electron chi connectivity index (χ4n) is 2.11. The summed E-state index contributed by atoms with van der Waals surface area (Å²) in [6.07, 6.45) is -0.690. The molecular formula is C17H18ClN3O4. The van der Waals surface area contributed by atoms with Crippen LogP contribution in [0.5, 0.6) is 5.75 Å². The molecule has 0 aliphatic rings. The van der Waals surface area contributed by atoms with Gasteiger partial charge in [-0.15, -0.1) is 0 Å². The number of anilines is 1. The van der Waals surface area contributed by atoms with Crippen LogP contribution >= 0.6 is 11.6 Å². The predicted molar refractivity (Wildman–Crippen MR) is 96.1 cm³/mol. The SMILES string of the molecule is CC(Oc1cccc(Cl)c1)C(=O)NCCNc1ccccc1[N+](=O)[O-]. The van der Waals surface area contributed by atoms with E-state index in [1.165, 1.54) is 6.07 Å². The summed E-state index contributed by atoms with van der Waals surface area (Å²) in [6, 6.07) is 13.1. The average molecular weight is 364 g/mol. The lowest BCUT2D eigenvalue weighted by Gasteiger charge is -2.15. The molecule has 132 valence electrons. The van der Waals surface area contributed by atoms with Gasteiger partial charge in [0.15, 0.2) is 6.10 Å². The molecule has 0 aliphatic heterocycles. The van der Waals surface area contributed by atoms with E-state index in [1.807, 2.05) is 0 Å². The highest BCUT2D eigenvalue weighted by molar-refractivity contribution is 6.30. The minimum Gasteiger partial charge on any atom is -0.481 e. The first-order chi connectivity index (χ1) is 12.0. The number of ether oxygens (including phenoxy) is 1. The van der Waals surface area contributed by atoms with Crippen LogP contribution in [0.1, 0.15) is 6.92 Å². The Morgan fingerprint density at radius 2 is 2.00 bits per heavy atom. The van der Waals surface area contributed by atoms with E-state index in [0.717, 1.165) is 0 Å². The van der Waals surface area contributed by atoms with Crippen LogP contribution in [0.3, 0.4) is 0 Å². The fraction of sp³-hybridized carbons (Fsp3) is 0.235. The number of hydrogen-bond acceptors (Lipinski definition) is 5. The van der Waals surface area contributed by atoms with Crippen molar-refractivity contribution in [3.8, 4) is 5.75 Å². The summed E-state index contributed by atoms with van der Waals surface area (Å²) in [5.74, 6) is 0.220. The van der Waals surface area contributed by atoms with Gasteiger partial charge in [-0.1, -0.05) is 29.8 Å². The van der Waals surface area contributed by atoms with Gasteiger partial charge in [0.25, 0.3) is 11.6 Å². The van der Waals surface area contributed by atoms with Gasteiger partial charge in [0.2, 0.25) is 0 Å². The second-order valence-corrected chi connectivity index (χ2v) is 5.65. The van der Waals surface area contributed by atoms with E-state index in [0.29, 0.717) is 29.5 Å². The topological polar surface area (TPSA) is 93.5 Å². The number of rotatable bonds is 8. The van der Waals surface area contributed by atoms with Gasteiger partial charge in [0, 0.05) is 24.2 Å². The van der Waals surface area contributed by atoms with Crippen LogP contribution < -0.4 is 15.4 Å². The van der Waals surface area contributed by atoms with Crippen molar-refractivity contribution in [1.29, 1.82) is 0 Å². The normalized spacial score (nSPS) is 11.4. The quantitative estimate of drug-likeness (QED) is 0.426. The number of nitro groups is 1. The number of carbonyl (C=O) groups excluding carboxylic acids is 1. The van der Waals surface area contributed by atoms with Crippen molar-refractivity contribution in [3.63, 3.8) is 0 Å². The monoisotopic (exact) mass is 363 g/mol. The van der Waals surface area contributed by atoms with E-state index in [9.17, 15) is 14.9 Å². The molecule has 0 heterocycles. The first-order valence-electron chi connectivity index (χ1n) is 7.64. The number of carbonyl (C=O) groups is 1. The van der Waals surface area contributed by atoms with Crippen LogP contribution in [0.15, 0.2) is 48.5 Å². The molecule has 8 heteroatoms. The molecule has 7 nitrogen and oxygen atoms in total. The van der Waals surface area contributed by atoms with E-state index in [-0.39, 0.29) is 11.6 Å². The predicted octanol–water partition coefficient (Wildman–Crippen LogP) is 3.24. The largest absolute Gasteiger partial charge is 0.481 e. The zero-order valence-corrected chi connectivity index (χ0v) is 14.3. The third-order valence-corrected chi connectivity index (χ3v) is 3.55. The molecule has 25 heavy (non-hydrogen) atoms. The summed E-state index contributed by atoms with van der Waals surface area (Å²) < 4.78 is 5.52. The molecule has 0 saturated heterocycles. The summed E-state index contributed by atoms with van der Waals surface area (Å²) in [7, 11) is 0. The number of halogens is 1. The van der Waals surface area contributed by atoms with Gasteiger partial charge < -0.3 is 15.4 Å². The van der Waals surface area contributed by atoms with Crippen LogP contribution in [0.2, 0.25) is 5.02 Å². The van der Waals surface area contributed by atoms with E-state index >= 15 is 0 Å². The lowest BCUT2D eigenvalue weighted by Crippen LogP contribution is -2.38. The third-order valence-electron chi connectivity index (χ3n) is 3.32. The Kier molecular flexibility index (Phi) is 6.59.